The maximum atomic E-state index is 11.2. The van der Waals surface area contributed by atoms with Gasteiger partial charge in [0.1, 0.15) is 0 Å². The molecule has 3 rings (SSSR count). The molecule has 23 heavy (non-hydrogen) atoms. The monoisotopic (exact) mass is 331 g/mol. The normalized spacial score (nSPS) is 21.7. The highest BCUT2D eigenvalue weighted by molar-refractivity contribution is 7.15. The molecule has 0 amide bonds. The third-order valence-corrected chi connectivity index (χ3v) is 5.64. The Morgan fingerprint density at radius 2 is 2.13 bits per heavy atom. The van der Waals surface area contributed by atoms with Crippen molar-refractivity contribution in [1.82, 2.24) is 4.90 Å². The standard InChI is InChI=1S/C17H21N3O2S/c1-17(11-18)8-9-19(12-17)10-13-6-7-16(23-13)14-4-2-3-5-15(14)20(21)22/h2-7H,8-12,18H2,1H3. The number of rotatable bonds is 5. The lowest BCUT2D eigenvalue weighted by Gasteiger charge is -2.22. The topological polar surface area (TPSA) is 72.4 Å². The van der Waals surface area contributed by atoms with E-state index >= 15 is 0 Å². The van der Waals surface area contributed by atoms with E-state index in [4.69, 9.17) is 5.73 Å². The van der Waals surface area contributed by atoms with Gasteiger partial charge in [0.15, 0.2) is 0 Å². The molecular formula is C17H21N3O2S. The van der Waals surface area contributed by atoms with Crippen LogP contribution in [0, 0.1) is 15.5 Å². The summed E-state index contributed by atoms with van der Waals surface area (Å²) >= 11 is 1.63. The van der Waals surface area contributed by atoms with Gasteiger partial charge in [-0.1, -0.05) is 19.1 Å². The molecule has 0 saturated carbocycles. The molecule has 1 saturated heterocycles. The minimum atomic E-state index is -0.318. The average molecular weight is 331 g/mol. The molecule has 2 aromatic rings. The zero-order valence-corrected chi connectivity index (χ0v) is 14.0. The van der Waals surface area contributed by atoms with Crippen molar-refractivity contribution in [3.05, 3.63) is 51.4 Å². The number of nitrogens with zero attached hydrogens (tertiary/aromatic N) is 2. The number of nitro groups is 1. The van der Waals surface area contributed by atoms with E-state index < -0.39 is 0 Å². The van der Waals surface area contributed by atoms with Crippen LogP contribution in [0.3, 0.4) is 0 Å². The largest absolute Gasteiger partial charge is 0.330 e. The van der Waals surface area contributed by atoms with E-state index in [1.54, 1.807) is 23.5 Å². The van der Waals surface area contributed by atoms with Crippen molar-refractivity contribution in [3.8, 4) is 10.4 Å². The molecule has 2 N–H and O–H groups in total. The van der Waals surface area contributed by atoms with E-state index in [0.717, 1.165) is 37.5 Å². The third kappa shape index (κ3) is 3.44. The van der Waals surface area contributed by atoms with Crippen molar-refractivity contribution >= 4 is 17.0 Å². The van der Waals surface area contributed by atoms with Crippen LogP contribution in [-0.4, -0.2) is 29.5 Å². The van der Waals surface area contributed by atoms with Crippen molar-refractivity contribution in [3.63, 3.8) is 0 Å². The number of para-hydroxylation sites is 1. The number of benzene rings is 1. The van der Waals surface area contributed by atoms with Crippen molar-refractivity contribution in [2.75, 3.05) is 19.6 Å². The summed E-state index contributed by atoms with van der Waals surface area (Å²) in [5, 5.41) is 11.2. The Kier molecular flexibility index (Phi) is 4.48. The van der Waals surface area contributed by atoms with E-state index in [2.05, 4.69) is 17.9 Å². The molecule has 0 aliphatic carbocycles. The predicted octanol–water partition coefficient (Wildman–Crippen LogP) is 3.49. The summed E-state index contributed by atoms with van der Waals surface area (Å²) in [6, 6.07) is 11.0. The molecule has 0 spiro atoms. The zero-order chi connectivity index (χ0) is 16.4. The molecule has 2 heterocycles. The number of hydrogen-bond donors (Lipinski definition) is 1. The van der Waals surface area contributed by atoms with Crippen LogP contribution in [0.15, 0.2) is 36.4 Å². The first kappa shape index (κ1) is 16.1. The molecule has 1 fully saturated rings. The number of hydrogen-bond acceptors (Lipinski definition) is 5. The highest BCUT2D eigenvalue weighted by atomic mass is 32.1. The van der Waals surface area contributed by atoms with Gasteiger partial charge in [0.2, 0.25) is 0 Å². The van der Waals surface area contributed by atoms with Gasteiger partial charge in [-0.05, 0) is 43.1 Å². The predicted molar refractivity (Wildman–Crippen MR) is 93.5 cm³/mol. The highest BCUT2D eigenvalue weighted by Gasteiger charge is 2.32. The fourth-order valence-electron chi connectivity index (χ4n) is 3.10. The molecule has 1 aromatic heterocycles. The summed E-state index contributed by atoms with van der Waals surface area (Å²) in [4.78, 5) is 15.5. The van der Waals surface area contributed by atoms with Gasteiger partial charge in [0.05, 0.1) is 10.5 Å². The van der Waals surface area contributed by atoms with Gasteiger partial charge in [-0.25, -0.2) is 0 Å². The molecular weight excluding hydrogens is 310 g/mol. The van der Waals surface area contributed by atoms with Crippen molar-refractivity contribution < 1.29 is 4.92 Å². The maximum Gasteiger partial charge on any atom is 0.278 e. The van der Waals surface area contributed by atoms with Crippen molar-refractivity contribution in [1.29, 1.82) is 0 Å². The summed E-state index contributed by atoms with van der Waals surface area (Å²) in [6.45, 7) is 5.92. The number of thiophene rings is 1. The van der Waals surface area contributed by atoms with Crippen LogP contribution in [0.1, 0.15) is 18.2 Å². The van der Waals surface area contributed by atoms with Crippen LogP contribution in [0.4, 0.5) is 5.69 Å². The maximum absolute atomic E-state index is 11.2. The van der Waals surface area contributed by atoms with Crippen LogP contribution in [0.2, 0.25) is 0 Å². The number of nitro benzene ring substituents is 1. The molecule has 1 aliphatic rings. The molecule has 1 aromatic carbocycles. The van der Waals surface area contributed by atoms with E-state index in [-0.39, 0.29) is 16.0 Å². The Hall–Kier alpha value is -1.76. The Morgan fingerprint density at radius 3 is 2.83 bits per heavy atom. The second-order valence-corrected chi connectivity index (χ2v) is 7.68. The minimum absolute atomic E-state index is 0.165. The number of nitrogens with two attached hydrogens (primary N) is 1. The highest BCUT2D eigenvalue weighted by Crippen LogP contribution is 2.36. The Balaban J connectivity index is 1.76. The van der Waals surface area contributed by atoms with E-state index in [0.29, 0.717) is 5.56 Å². The first-order valence-electron chi connectivity index (χ1n) is 7.76. The average Bonchev–Trinajstić information content (AvgIpc) is 3.15. The molecule has 0 bridgehead atoms. The fraction of sp³-hybridized carbons (Fsp3) is 0.412. The van der Waals surface area contributed by atoms with Gasteiger partial charge >= 0.3 is 0 Å². The minimum Gasteiger partial charge on any atom is -0.330 e. The van der Waals surface area contributed by atoms with E-state index in [9.17, 15) is 10.1 Å². The van der Waals surface area contributed by atoms with Gasteiger partial charge in [-0.3, -0.25) is 15.0 Å². The summed E-state index contributed by atoms with van der Waals surface area (Å²) < 4.78 is 0. The number of likely N-dealkylation sites (tertiary alicyclic amines) is 1. The fourth-order valence-corrected chi connectivity index (χ4v) is 4.18. The Bertz CT molecular complexity index is 715. The summed E-state index contributed by atoms with van der Waals surface area (Å²) in [6.07, 6.45) is 1.13. The summed E-state index contributed by atoms with van der Waals surface area (Å²) in [5.74, 6) is 0. The van der Waals surface area contributed by atoms with Crippen LogP contribution in [0.5, 0.6) is 0 Å². The van der Waals surface area contributed by atoms with Crippen LogP contribution < -0.4 is 5.73 Å². The van der Waals surface area contributed by atoms with Crippen molar-refractivity contribution in [2.24, 2.45) is 11.1 Å². The van der Waals surface area contributed by atoms with Gasteiger partial charge in [0, 0.05) is 28.9 Å². The molecule has 5 nitrogen and oxygen atoms in total. The first-order valence-corrected chi connectivity index (χ1v) is 8.57. The van der Waals surface area contributed by atoms with Gasteiger partial charge in [-0.2, -0.15) is 0 Å². The first-order chi connectivity index (χ1) is 11.0. The van der Waals surface area contributed by atoms with Crippen LogP contribution in [-0.2, 0) is 6.54 Å². The second-order valence-electron chi connectivity index (χ2n) is 6.52. The van der Waals surface area contributed by atoms with Gasteiger partial charge in [0.25, 0.3) is 5.69 Å². The SMILES string of the molecule is CC1(CN)CCN(Cc2ccc(-c3ccccc3[N+](=O)[O-])s2)C1. The molecule has 0 radical (unpaired) electrons. The smallest absolute Gasteiger partial charge is 0.278 e. The molecule has 6 heteroatoms. The quantitative estimate of drug-likeness (QED) is 0.672. The van der Waals surface area contributed by atoms with E-state index in [1.165, 1.54) is 4.88 Å². The molecule has 1 atom stereocenters. The Labute approximate surface area is 139 Å². The van der Waals surface area contributed by atoms with E-state index in [1.807, 2.05) is 18.2 Å². The Morgan fingerprint density at radius 1 is 1.35 bits per heavy atom. The second kappa shape index (κ2) is 6.39. The lowest BCUT2D eigenvalue weighted by Crippen LogP contribution is -2.30. The lowest BCUT2D eigenvalue weighted by molar-refractivity contribution is -0.384. The van der Waals surface area contributed by atoms with Crippen LogP contribution >= 0.6 is 11.3 Å². The van der Waals surface area contributed by atoms with Crippen molar-refractivity contribution in [2.45, 2.75) is 19.9 Å². The summed E-state index contributed by atoms with van der Waals surface area (Å²) in [7, 11) is 0. The van der Waals surface area contributed by atoms with Crippen LogP contribution in [0.25, 0.3) is 10.4 Å². The molecule has 1 aliphatic heterocycles. The van der Waals surface area contributed by atoms with Gasteiger partial charge in [-0.15, -0.1) is 11.3 Å². The zero-order valence-electron chi connectivity index (χ0n) is 13.2. The molecule has 1 unspecified atom stereocenters. The third-order valence-electron chi connectivity index (χ3n) is 4.54. The molecule has 122 valence electrons. The summed E-state index contributed by atoms with van der Waals surface area (Å²) in [5.41, 5.74) is 6.94. The van der Waals surface area contributed by atoms with Gasteiger partial charge < -0.3 is 5.73 Å². The lowest BCUT2D eigenvalue weighted by atomic mass is 9.90.